The highest BCUT2D eigenvalue weighted by Gasteiger charge is 2.29. The van der Waals surface area contributed by atoms with Crippen molar-refractivity contribution >= 4 is 23.2 Å². The molecule has 1 aromatic carbocycles. The first-order valence-electron chi connectivity index (χ1n) is 4.28. The fourth-order valence-corrected chi connectivity index (χ4v) is 1.46. The highest BCUT2D eigenvalue weighted by Crippen LogP contribution is 2.30. The monoisotopic (exact) mass is 265 g/mol. The molecule has 4 nitrogen and oxygen atoms in total. The zero-order valence-corrected chi connectivity index (χ0v) is 9.05. The molecule has 0 unspecified atom stereocenters. The van der Waals surface area contributed by atoms with Crippen molar-refractivity contribution in [1.82, 2.24) is 0 Å². The summed E-state index contributed by atoms with van der Waals surface area (Å²) in [6.07, 6.45) is 0. The number of carbonyl (C=O) groups excluding carboxylic acids is 1. The van der Waals surface area contributed by atoms with Crippen molar-refractivity contribution < 1.29 is 22.9 Å². The molecule has 0 amide bonds. The summed E-state index contributed by atoms with van der Waals surface area (Å²) in [5.41, 5.74) is -4.66. The smallest absolute Gasteiger partial charge is 0.293 e. The quantitative estimate of drug-likeness (QED) is 0.477. The maximum Gasteiger partial charge on any atom is 0.442 e. The maximum absolute atomic E-state index is 11.8. The van der Waals surface area contributed by atoms with Crippen molar-refractivity contribution in [3.63, 3.8) is 0 Å². The molecule has 17 heavy (non-hydrogen) atoms. The number of ketones is 1. The van der Waals surface area contributed by atoms with E-state index in [0.29, 0.717) is 0 Å². The SMILES string of the molecule is O=C(CSC(F)(F)F)c1ccc([N+](=O)[O-])cc1. The first-order chi connectivity index (χ1) is 7.79. The Labute approximate surface area is 98.0 Å². The van der Waals surface area contributed by atoms with Crippen LogP contribution >= 0.6 is 11.8 Å². The predicted molar refractivity (Wildman–Crippen MR) is 55.9 cm³/mol. The van der Waals surface area contributed by atoms with Crippen LogP contribution in [0.3, 0.4) is 0 Å². The number of thioether (sulfide) groups is 1. The van der Waals surface area contributed by atoms with Gasteiger partial charge in [0.05, 0.1) is 10.7 Å². The molecule has 0 aliphatic carbocycles. The number of halogens is 3. The van der Waals surface area contributed by atoms with E-state index in [2.05, 4.69) is 0 Å². The Morgan fingerprint density at radius 2 is 1.82 bits per heavy atom. The van der Waals surface area contributed by atoms with Gasteiger partial charge in [-0.1, -0.05) is 0 Å². The van der Waals surface area contributed by atoms with Gasteiger partial charge in [-0.3, -0.25) is 14.9 Å². The Hall–Kier alpha value is -1.57. The highest BCUT2D eigenvalue weighted by molar-refractivity contribution is 8.00. The van der Waals surface area contributed by atoms with Crippen molar-refractivity contribution in [3.05, 3.63) is 39.9 Å². The molecule has 1 rings (SSSR count). The average molecular weight is 265 g/mol. The molecule has 0 heterocycles. The van der Waals surface area contributed by atoms with E-state index in [0.717, 1.165) is 24.3 Å². The summed E-state index contributed by atoms with van der Waals surface area (Å²) >= 11 is -0.436. The Balaban J connectivity index is 2.67. The summed E-state index contributed by atoms with van der Waals surface area (Å²) in [6, 6.07) is 4.42. The van der Waals surface area contributed by atoms with Crippen LogP contribution in [-0.2, 0) is 0 Å². The number of hydrogen-bond acceptors (Lipinski definition) is 4. The molecule has 0 spiro atoms. The molecular formula is C9H6F3NO3S. The van der Waals surface area contributed by atoms with Crippen molar-refractivity contribution in [2.45, 2.75) is 5.51 Å². The summed E-state index contributed by atoms with van der Waals surface area (Å²) < 4.78 is 35.5. The molecule has 0 fully saturated rings. The molecule has 0 saturated heterocycles. The molecule has 0 saturated carbocycles. The van der Waals surface area contributed by atoms with Crippen molar-refractivity contribution in [3.8, 4) is 0 Å². The summed E-state index contributed by atoms with van der Waals surface area (Å²) in [4.78, 5) is 20.9. The Morgan fingerprint density at radius 3 is 2.24 bits per heavy atom. The second kappa shape index (κ2) is 5.17. The number of rotatable bonds is 4. The van der Waals surface area contributed by atoms with Crippen LogP contribution in [0.15, 0.2) is 24.3 Å². The Bertz CT molecular complexity index is 430. The molecule has 0 aliphatic heterocycles. The molecule has 0 bridgehead atoms. The number of Topliss-reactive ketones (excluding diaryl/α,β-unsaturated/α-hetero) is 1. The summed E-state index contributed by atoms with van der Waals surface area (Å²) in [5.74, 6) is -1.45. The lowest BCUT2D eigenvalue weighted by molar-refractivity contribution is -0.384. The average Bonchev–Trinajstić information content (AvgIpc) is 2.25. The minimum Gasteiger partial charge on any atom is -0.293 e. The van der Waals surface area contributed by atoms with Gasteiger partial charge in [0.2, 0.25) is 0 Å². The molecule has 0 aliphatic rings. The number of nitro groups is 1. The molecule has 0 aromatic heterocycles. The highest BCUT2D eigenvalue weighted by atomic mass is 32.2. The number of benzene rings is 1. The molecule has 0 atom stereocenters. The minimum absolute atomic E-state index is 0.0207. The molecular weight excluding hydrogens is 259 g/mol. The molecule has 0 radical (unpaired) electrons. The van der Waals surface area contributed by atoms with Gasteiger partial charge in [-0.2, -0.15) is 13.2 Å². The Kier molecular flexibility index (Phi) is 4.11. The summed E-state index contributed by atoms with van der Waals surface area (Å²) in [5, 5.41) is 10.3. The van der Waals surface area contributed by atoms with Crippen LogP contribution in [0.5, 0.6) is 0 Å². The third kappa shape index (κ3) is 4.43. The maximum atomic E-state index is 11.8. The van der Waals surface area contributed by atoms with Crippen LogP contribution in [0, 0.1) is 10.1 Å². The fraction of sp³-hybridized carbons (Fsp3) is 0.222. The van der Waals surface area contributed by atoms with E-state index < -0.39 is 33.7 Å². The number of hydrogen-bond donors (Lipinski definition) is 0. The van der Waals surface area contributed by atoms with Gasteiger partial charge < -0.3 is 0 Å². The van der Waals surface area contributed by atoms with E-state index in [-0.39, 0.29) is 11.3 Å². The van der Waals surface area contributed by atoms with Gasteiger partial charge in [0.15, 0.2) is 5.78 Å². The standard InChI is InChI=1S/C9H6F3NO3S/c10-9(11,12)17-5-8(14)6-1-3-7(4-2-6)13(15)16/h1-4H,5H2. The topological polar surface area (TPSA) is 60.2 Å². The van der Waals surface area contributed by atoms with Crippen molar-refractivity contribution in [2.75, 3.05) is 5.75 Å². The van der Waals surface area contributed by atoms with Crippen LogP contribution in [0.4, 0.5) is 18.9 Å². The van der Waals surface area contributed by atoms with Gasteiger partial charge in [0, 0.05) is 17.7 Å². The number of carbonyl (C=O) groups is 1. The van der Waals surface area contributed by atoms with E-state index in [1.807, 2.05) is 0 Å². The van der Waals surface area contributed by atoms with Gasteiger partial charge in [-0.25, -0.2) is 0 Å². The zero-order chi connectivity index (χ0) is 13.1. The van der Waals surface area contributed by atoms with Gasteiger partial charge in [-0.05, 0) is 23.9 Å². The van der Waals surface area contributed by atoms with E-state index in [1.165, 1.54) is 0 Å². The van der Waals surface area contributed by atoms with E-state index in [1.54, 1.807) is 0 Å². The van der Waals surface area contributed by atoms with Crippen LogP contribution in [-0.4, -0.2) is 22.0 Å². The van der Waals surface area contributed by atoms with Gasteiger partial charge >= 0.3 is 5.51 Å². The molecule has 8 heteroatoms. The van der Waals surface area contributed by atoms with Crippen LogP contribution < -0.4 is 0 Å². The second-order valence-electron chi connectivity index (χ2n) is 2.96. The normalized spacial score (nSPS) is 11.2. The number of nitro benzene ring substituents is 1. The Morgan fingerprint density at radius 1 is 1.29 bits per heavy atom. The minimum atomic E-state index is -4.46. The lowest BCUT2D eigenvalue weighted by Crippen LogP contribution is -2.09. The van der Waals surface area contributed by atoms with E-state index in [4.69, 9.17) is 0 Å². The van der Waals surface area contributed by atoms with Crippen molar-refractivity contribution in [1.29, 1.82) is 0 Å². The lowest BCUT2D eigenvalue weighted by atomic mass is 10.1. The molecule has 92 valence electrons. The molecule has 0 N–H and O–H groups in total. The number of alkyl halides is 3. The van der Waals surface area contributed by atoms with Gasteiger partial charge in [0.1, 0.15) is 0 Å². The van der Waals surface area contributed by atoms with Crippen molar-refractivity contribution in [2.24, 2.45) is 0 Å². The van der Waals surface area contributed by atoms with Crippen LogP contribution in [0.25, 0.3) is 0 Å². The lowest BCUT2D eigenvalue weighted by Gasteiger charge is -2.04. The first kappa shape index (κ1) is 13.5. The van der Waals surface area contributed by atoms with E-state index >= 15 is 0 Å². The third-order valence-electron chi connectivity index (χ3n) is 1.77. The van der Waals surface area contributed by atoms with Gasteiger partial charge in [0.25, 0.3) is 5.69 Å². The predicted octanol–water partition coefficient (Wildman–Crippen LogP) is 3.03. The van der Waals surface area contributed by atoms with Gasteiger partial charge in [-0.15, -0.1) is 0 Å². The molecule has 1 aromatic rings. The zero-order valence-electron chi connectivity index (χ0n) is 8.23. The number of non-ortho nitro benzene ring substituents is 1. The third-order valence-corrected chi connectivity index (χ3v) is 2.50. The largest absolute Gasteiger partial charge is 0.442 e. The summed E-state index contributed by atoms with van der Waals surface area (Å²) in [7, 11) is 0. The van der Waals surface area contributed by atoms with Crippen LogP contribution in [0.1, 0.15) is 10.4 Å². The fourth-order valence-electron chi connectivity index (χ4n) is 1.000. The number of nitrogens with zero attached hydrogens (tertiary/aromatic N) is 1. The summed E-state index contributed by atoms with van der Waals surface area (Å²) in [6.45, 7) is 0. The van der Waals surface area contributed by atoms with E-state index in [9.17, 15) is 28.1 Å². The second-order valence-corrected chi connectivity index (χ2v) is 4.00. The first-order valence-corrected chi connectivity index (χ1v) is 5.26. The van der Waals surface area contributed by atoms with Crippen LogP contribution in [0.2, 0.25) is 0 Å².